The Morgan fingerprint density at radius 1 is 1.30 bits per heavy atom. The van der Waals surface area contributed by atoms with Gasteiger partial charge in [-0.3, -0.25) is 4.79 Å². The van der Waals surface area contributed by atoms with Gasteiger partial charge in [0.15, 0.2) is 0 Å². The first-order valence-electron chi connectivity index (χ1n) is 2.47. The van der Waals surface area contributed by atoms with Crippen LogP contribution in [0.3, 0.4) is 0 Å². The summed E-state index contributed by atoms with van der Waals surface area (Å²) in [7, 11) is 0. The van der Waals surface area contributed by atoms with Crippen molar-refractivity contribution in [1.29, 1.82) is 0 Å². The average molecular weight is 158 g/mol. The van der Waals surface area contributed by atoms with Gasteiger partial charge in [-0.15, -0.1) is 13.2 Å². The van der Waals surface area contributed by atoms with Gasteiger partial charge in [0.05, 0.1) is 0 Å². The SMILES string of the molecule is C=C.O=CO.c1ccsc1. The van der Waals surface area contributed by atoms with Gasteiger partial charge >= 0.3 is 0 Å². The molecule has 3 heteroatoms. The van der Waals surface area contributed by atoms with Crippen molar-refractivity contribution in [3.8, 4) is 0 Å². The summed E-state index contributed by atoms with van der Waals surface area (Å²) < 4.78 is 0. The Bertz CT molecular complexity index is 109. The lowest BCUT2D eigenvalue weighted by molar-refractivity contribution is -0.122. The molecule has 0 aliphatic heterocycles. The first kappa shape index (κ1) is 11.7. The number of rotatable bonds is 0. The van der Waals surface area contributed by atoms with Crippen LogP contribution >= 0.6 is 11.3 Å². The highest BCUT2D eigenvalue weighted by Gasteiger charge is 1.58. The number of hydrogen-bond donors (Lipinski definition) is 1. The molecule has 56 valence electrons. The third-order valence-corrected chi connectivity index (χ3v) is 1.05. The second-order valence-corrected chi connectivity index (χ2v) is 1.72. The fourth-order valence-corrected chi connectivity index (χ4v) is 0.680. The first-order valence-corrected chi connectivity index (χ1v) is 3.41. The summed E-state index contributed by atoms with van der Waals surface area (Å²) in [6.07, 6.45) is 0. The lowest BCUT2D eigenvalue weighted by Gasteiger charge is -1.39. The van der Waals surface area contributed by atoms with Crippen molar-refractivity contribution < 1.29 is 9.90 Å². The van der Waals surface area contributed by atoms with Crippen molar-refractivity contribution in [2.24, 2.45) is 0 Å². The Kier molecular flexibility index (Phi) is 18.3. The van der Waals surface area contributed by atoms with Crippen LogP contribution in [-0.4, -0.2) is 11.6 Å². The third-order valence-electron chi connectivity index (χ3n) is 0.425. The minimum absolute atomic E-state index is 0.250. The molecule has 1 aromatic rings. The number of carboxylic acid groups (broad SMARTS) is 1. The molecule has 10 heavy (non-hydrogen) atoms. The molecule has 0 saturated heterocycles. The van der Waals surface area contributed by atoms with Gasteiger partial charge in [0.25, 0.3) is 6.47 Å². The molecule has 1 rings (SSSR count). The summed E-state index contributed by atoms with van der Waals surface area (Å²) in [5.41, 5.74) is 0. The van der Waals surface area contributed by atoms with Gasteiger partial charge in [-0.1, -0.05) is 12.1 Å². The van der Waals surface area contributed by atoms with Crippen molar-refractivity contribution in [3.63, 3.8) is 0 Å². The van der Waals surface area contributed by atoms with Crippen LogP contribution in [0.5, 0.6) is 0 Å². The van der Waals surface area contributed by atoms with E-state index in [4.69, 9.17) is 9.90 Å². The summed E-state index contributed by atoms with van der Waals surface area (Å²) in [6.45, 7) is 5.75. The number of carbonyl (C=O) groups is 1. The van der Waals surface area contributed by atoms with Crippen LogP contribution in [0.15, 0.2) is 36.1 Å². The summed E-state index contributed by atoms with van der Waals surface area (Å²) in [5, 5.41) is 11.0. The van der Waals surface area contributed by atoms with E-state index in [1.165, 1.54) is 0 Å². The number of hydrogen-bond acceptors (Lipinski definition) is 2. The van der Waals surface area contributed by atoms with E-state index in [2.05, 4.69) is 13.2 Å². The highest BCUT2D eigenvalue weighted by Crippen LogP contribution is 1.91. The lowest BCUT2D eigenvalue weighted by atomic mass is 10.7. The highest BCUT2D eigenvalue weighted by molar-refractivity contribution is 7.07. The minimum atomic E-state index is -0.250. The molecule has 0 amide bonds. The van der Waals surface area contributed by atoms with Crippen LogP contribution in [0.25, 0.3) is 0 Å². The van der Waals surface area contributed by atoms with Crippen molar-refractivity contribution in [2.75, 3.05) is 0 Å². The van der Waals surface area contributed by atoms with Crippen molar-refractivity contribution >= 4 is 17.8 Å². The van der Waals surface area contributed by atoms with Crippen LogP contribution in [0.1, 0.15) is 0 Å². The standard InChI is InChI=1S/C4H4S.C2H4.CH2O2/c1-2-4-5-3-1;1-2;2-1-3/h1-4H;1-2H2;1H,(H,2,3). The molecule has 1 N–H and O–H groups in total. The monoisotopic (exact) mass is 158 g/mol. The van der Waals surface area contributed by atoms with E-state index in [9.17, 15) is 0 Å². The lowest BCUT2D eigenvalue weighted by Crippen LogP contribution is -1.49. The molecule has 0 saturated carbocycles. The normalized spacial score (nSPS) is 5.60. The van der Waals surface area contributed by atoms with Gasteiger partial charge in [-0.25, -0.2) is 0 Å². The molecular formula is C7H10O2S. The van der Waals surface area contributed by atoms with E-state index in [1.54, 1.807) is 11.3 Å². The maximum Gasteiger partial charge on any atom is 0.290 e. The summed E-state index contributed by atoms with van der Waals surface area (Å²) >= 11 is 1.71. The topological polar surface area (TPSA) is 37.3 Å². The molecule has 1 aromatic heterocycles. The van der Waals surface area contributed by atoms with E-state index in [-0.39, 0.29) is 6.47 Å². The zero-order valence-electron chi connectivity index (χ0n) is 5.56. The molecule has 0 aliphatic carbocycles. The fourth-order valence-electron chi connectivity index (χ4n) is 0.227. The molecule has 0 bridgehead atoms. The minimum Gasteiger partial charge on any atom is -0.483 e. The Balaban J connectivity index is 0. The average Bonchev–Trinajstić information content (AvgIpc) is 2.48. The van der Waals surface area contributed by atoms with Crippen molar-refractivity contribution in [2.45, 2.75) is 0 Å². The smallest absolute Gasteiger partial charge is 0.290 e. The quantitative estimate of drug-likeness (QED) is 0.464. The van der Waals surface area contributed by atoms with Gasteiger partial charge in [0.1, 0.15) is 0 Å². The summed E-state index contributed by atoms with van der Waals surface area (Å²) in [4.78, 5) is 8.36. The van der Waals surface area contributed by atoms with Crippen LogP contribution in [0.2, 0.25) is 0 Å². The summed E-state index contributed by atoms with van der Waals surface area (Å²) in [5.74, 6) is 0. The van der Waals surface area contributed by atoms with E-state index in [0.29, 0.717) is 0 Å². The van der Waals surface area contributed by atoms with Crippen LogP contribution in [-0.2, 0) is 4.79 Å². The predicted octanol–water partition coefficient (Wildman–Crippen LogP) is 2.25. The Morgan fingerprint density at radius 3 is 1.70 bits per heavy atom. The molecule has 0 aliphatic rings. The predicted molar refractivity (Wildman–Crippen MR) is 44.3 cm³/mol. The van der Waals surface area contributed by atoms with Gasteiger partial charge in [-0.05, 0) is 10.8 Å². The summed E-state index contributed by atoms with van der Waals surface area (Å²) in [6, 6.07) is 4.04. The van der Waals surface area contributed by atoms with Gasteiger partial charge in [-0.2, -0.15) is 11.3 Å². The largest absolute Gasteiger partial charge is 0.483 e. The molecule has 0 aromatic carbocycles. The van der Waals surface area contributed by atoms with E-state index in [0.717, 1.165) is 0 Å². The van der Waals surface area contributed by atoms with Crippen LogP contribution in [0, 0.1) is 0 Å². The maximum absolute atomic E-state index is 8.36. The molecule has 2 nitrogen and oxygen atoms in total. The first-order chi connectivity index (χ1) is 4.91. The second kappa shape index (κ2) is 15.7. The third kappa shape index (κ3) is 15.8. The maximum atomic E-state index is 8.36. The molecule has 0 atom stereocenters. The van der Waals surface area contributed by atoms with Crippen molar-refractivity contribution in [1.82, 2.24) is 0 Å². The molecule has 1 heterocycles. The molecule has 0 unspecified atom stereocenters. The molecule has 0 fully saturated rings. The molecular weight excluding hydrogens is 148 g/mol. The molecule has 0 radical (unpaired) electrons. The zero-order valence-corrected chi connectivity index (χ0v) is 6.38. The van der Waals surface area contributed by atoms with Crippen LogP contribution < -0.4 is 0 Å². The van der Waals surface area contributed by atoms with E-state index < -0.39 is 0 Å². The second-order valence-electron chi connectivity index (χ2n) is 0.899. The fraction of sp³-hybridized carbons (Fsp3) is 0. The van der Waals surface area contributed by atoms with Crippen LogP contribution in [0.4, 0.5) is 0 Å². The Labute approximate surface area is 64.4 Å². The number of thiophene rings is 1. The van der Waals surface area contributed by atoms with Gasteiger partial charge in [0, 0.05) is 0 Å². The van der Waals surface area contributed by atoms with E-state index >= 15 is 0 Å². The Hall–Kier alpha value is -1.09. The van der Waals surface area contributed by atoms with Crippen molar-refractivity contribution in [3.05, 3.63) is 36.1 Å². The molecule has 0 spiro atoms. The zero-order chi connectivity index (χ0) is 8.24. The Morgan fingerprint density at radius 2 is 1.60 bits per heavy atom. The van der Waals surface area contributed by atoms with Gasteiger partial charge < -0.3 is 5.11 Å². The van der Waals surface area contributed by atoms with E-state index in [1.807, 2.05) is 22.9 Å². The van der Waals surface area contributed by atoms with Gasteiger partial charge in [0.2, 0.25) is 0 Å². The highest BCUT2D eigenvalue weighted by atomic mass is 32.1.